The van der Waals surface area contributed by atoms with E-state index in [1.165, 1.54) is 25.7 Å². The Balaban J connectivity index is 1.51. The number of carbonyl (C=O) groups excluding carboxylic acids is 2. The topological polar surface area (TPSA) is 69.4 Å². The number of ether oxygens (including phenoxy) is 1. The fourth-order valence-corrected chi connectivity index (χ4v) is 4.87. The van der Waals surface area contributed by atoms with Crippen LogP contribution in [0.4, 0.5) is 5.69 Å². The molecule has 2 saturated carbocycles. The number of cyclic esters (lactones) is 1. The summed E-state index contributed by atoms with van der Waals surface area (Å²) in [6.45, 7) is 2.02. The molecule has 4 rings (SSSR count). The van der Waals surface area contributed by atoms with Crippen molar-refractivity contribution in [3.63, 3.8) is 0 Å². The van der Waals surface area contributed by atoms with Crippen molar-refractivity contribution in [2.75, 3.05) is 5.73 Å². The summed E-state index contributed by atoms with van der Waals surface area (Å²) in [6, 6.07) is 7.57. The van der Waals surface area contributed by atoms with Gasteiger partial charge in [-0.3, -0.25) is 9.59 Å². The zero-order valence-electron chi connectivity index (χ0n) is 17.0. The number of carbonyl (C=O) groups is 2. The van der Waals surface area contributed by atoms with Gasteiger partial charge in [-0.25, -0.2) is 0 Å². The van der Waals surface area contributed by atoms with Gasteiger partial charge in [0.25, 0.3) is 0 Å². The van der Waals surface area contributed by atoms with Gasteiger partial charge in [0.1, 0.15) is 11.5 Å². The summed E-state index contributed by atoms with van der Waals surface area (Å²) in [7, 11) is 0. The SMILES string of the molecule is CCC(c1cccc(N)c1)C1C(=O)CC(CCC2CC2)(CCC2CC2)OC1=O. The van der Waals surface area contributed by atoms with E-state index in [0.717, 1.165) is 43.1 Å². The van der Waals surface area contributed by atoms with Gasteiger partial charge < -0.3 is 10.5 Å². The van der Waals surface area contributed by atoms with E-state index in [0.29, 0.717) is 18.5 Å². The Bertz CT molecular complexity index is 699. The van der Waals surface area contributed by atoms with Gasteiger partial charge in [-0.15, -0.1) is 0 Å². The Kier molecular flexibility index (Phi) is 5.48. The number of hydrogen-bond donors (Lipinski definition) is 1. The van der Waals surface area contributed by atoms with Crippen LogP contribution >= 0.6 is 0 Å². The lowest BCUT2D eigenvalue weighted by Gasteiger charge is -2.41. The largest absolute Gasteiger partial charge is 0.458 e. The molecule has 0 bridgehead atoms. The quantitative estimate of drug-likeness (QED) is 0.369. The van der Waals surface area contributed by atoms with E-state index in [2.05, 4.69) is 0 Å². The maximum Gasteiger partial charge on any atom is 0.317 e. The van der Waals surface area contributed by atoms with Crippen LogP contribution in [0, 0.1) is 17.8 Å². The van der Waals surface area contributed by atoms with Crippen LogP contribution in [0.5, 0.6) is 0 Å². The third-order valence-corrected chi connectivity index (χ3v) is 7.01. The highest BCUT2D eigenvalue weighted by atomic mass is 16.6. The van der Waals surface area contributed by atoms with Gasteiger partial charge in [0.15, 0.2) is 5.78 Å². The molecule has 1 saturated heterocycles. The minimum Gasteiger partial charge on any atom is -0.458 e. The first-order valence-electron chi connectivity index (χ1n) is 11.1. The number of rotatable bonds is 9. The molecule has 0 aromatic heterocycles. The highest BCUT2D eigenvalue weighted by molar-refractivity contribution is 6.02. The Labute approximate surface area is 168 Å². The standard InChI is InChI=1S/C24H33NO3/c1-2-20(18-4-3-5-19(25)14-18)22-21(26)15-24(28-23(22)27,12-10-16-6-7-16)13-11-17-8-9-17/h3-5,14,16-17,20,22H,2,6-13,15,25H2,1H3. The maximum absolute atomic E-state index is 13.3. The number of ketones is 1. The number of nitrogens with two attached hydrogens (primary N) is 1. The van der Waals surface area contributed by atoms with E-state index >= 15 is 0 Å². The van der Waals surface area contributed by atoms with Gasteiger partial charge in [0, 0.05) is 18.0 Å². The summed E-state index contributed by atoms with van der Waals surface area (Å²) in [5.74, 6) is 0.462. The molecule has 3 aliphatic rings. The third-order valence-electron chi connectivity index (χ3n) is 7.01. The Hall–Kier alpha value is -1.84. The lowest BCUT2D eigenvalue weighted by atomic mass is 9.74. The highest BCUT2D eigenvalue weighted by Gasteiger charge is 2.49. The molecule has 2 unspecified atom stereocenters. The van der Waals surface area contributed by atoms with Gasteiger partial charge in [0.05, 0.1) is 0 Å². The van der Waals surface area contributed by atoms with Gasteiger partial charge in [0.2, 0.25) is 0 Å². The lowest BCUT2D eigenvalue weighted by Crippen LogP contribution is -2.49. The molecule has 3 fully saturated rings. The van der Waals surface area contributed by atoms with Crippen molar-refractivity contribution in [2.24, 2.45) is 17.8 Å². The molecule has 0 radical (unpaired) electrons. The number of anilines is 1. The first-order chi connectivity index (χ1) is 13.5. The molecule has 1 aliphatic heterocycles. The molecule has 152 valence electrons. The molecule has 2 aliphatic carbocycles. The van der Waals surface area contributed by atoms with Crippen molar-refractivity contribution in [1.29, 1.82) is 0 Å². The molecule has 2 atom stereocenters. The monoisotopic (exact) mass is 383 g/mol. The van der Waals surface area contributed by atoms with Crippen molar-refractivity contribution >= 4 is 17.4 Å². The smallest absolute Gasteiger partial charge is 0.317 e. The molecule has 28 heavy (non-hydrogen) atoms. The molecular formula is C24H33NO3. The van der Waals surface area contributed by atoms with E-state index in [9.17, 15) is 9.59 Å². The van der Waals surface area contributed by atoms with Crippen LogP contribution in [-0.4, -0.2) is 17.4 Å². The minimum atomic E-state index is -0.693. The third kappa shape index (κ3) is 4.42. The van der Waals surface area contributed by atoms with Crippen molar-refractivity contribution < 1.29 is 14.3 Å². The fraction of sp³-hybridized carbons (Fsp3) is 0.667. The van der Waals surface area contributed by atoms with E-state index in [4.69, 9.17) is 10.5 Å². The normalized spacial score (nSPS) is 25.4. The Morgan fingerprint density at radius 3 is 2.25 bits per heavy atom. The van der Waals surface area contributed by atoms with E-state index in [-0.39, 0.29) is 17.7 Å². The molecule has 4 nitrogen and oxygen atoms in total. The fourth-order valence-electron chi connectivity index (χ4n) is 4.87. The van der Waals surface area contributed by atoms with Crippen molar-refractivity contribution in [3.05, 3.63) is 29.8 Å². The van der Waals surface area contributed by atoms with E-state index < -0.39 is 11.5 Å². The predicted octanol–water partition coefficient (Wildman–Crippen LogP) is 5.01. The lowest BCUT2D eigenvalue weighted by molar-refractivity contribution is -0.181. The van der Waals surface area contributed by atoms with Gasteiger partial charge in [-0.2, -0.15) is 0 Å². The van der Waals surface area contributed by atoms with E-state index in [1.807, 2.05) is 31.2 Å². The van der Waals surface area contributed by atoms with Gasteiger partial charge in [-0.1, -0.05) is 44.7 Å². The Morgan fingerprint density at radius 2 is 1.75 bits per heavy atom. The summed E-state index contributed by atoms with van der Waals surface area (Å²) in [4.78, 5) is 26.4. The predicted molar refractivity (Wildman–Crippen MR) is 110 cm³/mol. The summed E-state index contributed by atoms with van der Waals surface area (Å²) >= 11 is 0. The number of Topliss-reactive ketones (excluding diaryl/α,β-unsaturated/α-hetero) is 1. The van der Waals surface area contributed by atoms with Crippen LogP contribution < -0.4 is 5.73 Å². The molecule has 4 heteroatoms. The van der Waals surface area contributed by atoms with Crippen LogP contribution in [0.2, 0.25) is 0 Å². The molecule has 1 heterocycles. The van der Waals surface area contributed by atoms with Crippen LogP contribution in [0.25, 0.3) is 0 Å². The number of nitrogen functional groups attached to an aromatic ring is 1. The van der Waals surface area contributed by atoms with Crippen LogP contribution in [0.3, 0.4) is 0 Å². The zero-order chi connectivity index (χ0) is 19.7. The second-order valence-corrected chi connectivity index (χ2v) is 9.37. The molecular weight excluding hydrogens is 350 g/mol. The van der Waals surface area contributed by atoms with Gasteiger partial charge >= 0.3 is 5.97 Å². The van der Waals surface area contributed by atoms with Crippen molar-refractivity contribution in [1.82, 2.24) is 0 Å². The van der Waals surface area contributed by atoms with Crippen molar-refractivity contribution in [3.8, 4) is 0 Å². The number of benzene rings is 1. The minimum absolute atomic E-state index is 0.0668. The molecule has 2 N–H and O–H groups in total. The molecule has 1 aromatic rings. The van der Waals surface area contributed by atoms with Crippen LogP contribution in [0.15, 0.2) is 24.3 Å². The van der Waals surface area contributed by atoms with Crippen LogP contribution in [-0.2, 0) is 14.3 Å². The zero-order valence-corrected chi connectivity index (χ0v) is 17.0. The number of hydrogen-bond acceptors (Lipinski definition) is 4. The van der Waals surface area contributed by atoms with Gasteiger partial charge in [-0.05, 0) is 61.6 Å². The summed E-state index contributed by atoms with van der Waals surface area (Å²) in [6.07, 6.45) is 10.1. The maximum atomic E-state index is 13.3. The molecule has 0 amide bonds. The highest BCUT2D eigenvalue weighted by Crippen LogP contribution is 2.46. The van der Waals surface area contributed by atoms with E-state index in [1.54, 1.807) is 0 Å². The Morgan fingerprint density at radius 1 is 1.11 bits per heavy atom. The first kappa shape index (κ1) is 19.5. The average Bonchev–Trinajstić information content (AvgIpc) is 3.55. The second-order valence-electron chi connectivity index (χ2n) is 9.37. The number of esters is 1. The summed E-state index contributed by atoms with van der Waals surface area (Å²) in [5, 5.41) is 0. The van der Waals surface area contributed by atoms with Crippen molar-refractivity contribution in [2.45, 2.75) is 82.7 Å². The van der Waals surface area contributed by atoms with Crippen LogP contribution in [0.1, 0.15) is 82.6 Å². The summed E-state index contributed by atoms with van der Waals surface area (Å²) in [5.41, 5.74) is 7.01. The molecule has 0 spiro atoms. The molecule has 1 aromatic carbocycles. The second kappa shape index (κ2) is 7.88. The summed E-state index contributed by atoms with van der Waals surface area (Å²) < 4.78 is 6.16. The first-order valence-corrected chi connectivity index (χ1v) is 11.1. The average molecular weight is 384 g/mol.